The van der Waals surface area contributed by atoms with E-state index in [9.17, 15) is 0 Å². The van der Waals surface area contributed by atoms with Gasteiger partial charge in [0.1, 0.15) is 0 Å². The molecule has 1 aromatic heterocycles. The molecule has 0 aliphatic carbocycles. The Bertz CT molecular complexity index is 659. The second-order valence-corrected chi connectivity index (χ2v) is 4.80. The molecule has 25 heavy (non-hydrogen) atoms. The Balaban J connectivity index is 2.24. The van der Waals surface area contributed by atoms with Crippen LogP contribution in [0.3, 0.4) is 0 Å². The molecular weight excluding hydrogens is 328 g/mol. The molecule has 0 amide bonds. The van der Waals surface area contributed by atoms with E-state index in [0.717, 1.165) is 0 Å². The summed E-state index contributed by atoms with van der Waals surface area (Å²) < 4.78 is 10.5. The molecule has 2 rings (SSSR count). The first-order chi connectivity index (χ1) is 12.2. The Labute approximate surface area is 145 Å². The Morgan fingerprint density at radius 1 is 0.840 bits per heavy atom. The summed E-state index contributed by atoms with van der Waals surface area (Å²) in [6.45, 7) is 0.506. The smallest absolute Gasteiger partial charge is 0.233 e. The molecule has 0 aliphatic heterocycles. The van der Waals surface area contributed by atoms with Crippen molar-refractivity contribution in [3.05, 3.63) is 18.2 Å². The Morgan fingerprint density at radius 2 is 1.40 bits per heavy atom. The summed E-state index contributed by atoms with van der Waals surface area (Å²) in [6, 6.07) is 5.31. The van der Waals surface area contributed by atoms with Crippen LogP contribution in [0.1, 0.15) is 0 Å². The molecule has 2 aromatic rings. The van der Waals surface area contributed by atoms with Crippen molar-refractivity contribution in [1.29, 1.82) is 0 Å². The minimum Gasteiger partial charge on any atom is -0.493 e. The topological polar surface area (TPSA) is 134 Å². The number of hydrogen-bond donors (Lipinski definition) is 5. The molecule has 1 aromatic carbocycles. The lowest BCUT2D eigenvalue weighted by atomic mass is 10.3. The van der Waals surface area contributed by atoms with Crippen LogP contribution in [0.15, 0.2) is 18.2 Å². The van der Waals surface area contributed by atoms with Gasteiger partial charge in [0.15, 0.2) is 11.5 Å². The lowest BCUT2D eigenvalue weighted by Gasteiger charge is -2.12. The average molecular weight is 350 g/mol. The molecule has 0 spiro atoms. The average Bonchev–Trinajstić information content (AvgIpc) is 2.64. The zero-order chi connectivity index (χ0) is 18.1. The predicted octanol–water partition coefficient (Wildman–Crippen LogP) is 0.441. The molecule has 0 saturated heterocycles. The zero-order valence-corrected chi connectivity index (χ0v) is 14.1. The van der Waals surface area contributed by atoms with Gasteiger partial charge in [-0.2, -0.15) is 15.0 Å². The first kappa shape index (κ1) is 18.5. The largest absolute Gasteiger partial charge is 0.493 e. The second-order valence-electron chi connectivity index (χ2n) is 4.80. The van der Waals surface area contributed by atoms with E-state index in [1.165, 1.54) is 0 Å². The van der Waals surface area contributed by atoms with Crippen LogP contribution in [-0.4, -0.2) is 65.7 Å². The van der Waals surface area contributed by atoms with Crippen molar-refractivity contribution in [2.45, 2.75) is 0 Å². The van der Waals surface area contributed by atoms with Crippen molar-refractivity contribution in [2.24, 2.45) is 0 Å². The van der Waals surface area contributed by atoms with E-state index in [1.54, 1.807) is 32.4 Å². The number of rotatable bonds is 10. The summed E-state index contributed by atoms with van der Waals surface area (Å²) in [5, 5.41) is 26.7. The van der Waals surface area contributed by atoms with E-state index < -0.39 is 0 Å². The minimum atomic E-state index is -0.0521. The van der Waals surface area contributed by atoms with Crippen molar-refractivity contribution >= 4 is 23.5 Å². The predicted molar refractivity (Wildman–Crippen MR) is 93.8 cm³/mol. The molecule has 0 saturated carbocycles. The fourth-order valence-electron chi connectivity index (χ4n) is 1.97. The van der Waals surface area contributed by atoms with Crippen LogP contribution in [0.25, 0.3) is 0 Å². The number of anilines is 4. The SMILES string of the molecule is COc1ccc(Nc2nc(NCCO)nc(NCCO)n2)cc1OC. The van der Waals surface area contributed by atoms with Gasteiger partial charge in [-0.25, -0.2) is 0 Å². The molecule has 10 nitrogen and oxygen atoms in total. The number of nitrogens with one attached hydrogen (secondary N) is 3. The van der Waals surface area contributed by atoms with Gasteiger partial charge in [-0.3, -0.25) is 0 Å². The molecule has 136 valence electrons. The maximum atomic E-state index is 8.93. The standard InChI is InChI=1S/C15H22N6O4/c1-24-11-4-3-10(9-12(11)25-2)18-15-20-13(16-5-7-22)19-14(21-15)17-6-8-23/h3-4,9,22-23H,5-8H2,1-2H3,(H3,16,17,18,19,20,21). The highest BCUT2D eigenvalue weighted by molar-refractivity contribution is 5.61. The lowest BCUT2D eigenvalue weighted by Crippen LogP contribution is -2.14. The van der Waals surface area contributed by atoms with Gasteiger partial charge in [0.2, 0.25) is 17.8 Å². The number of ether oxygens (including phenoxy) is 2. The third kappa shape index (κ3) is 5.33. The van der Waals surface area contributed by atoms with Crippen LogP contribution < -0.4 is 25.4 Å². The first-order valence-electron chi connectivity index (χ1n) is 7.64. The second kappa shape index (κ2) is 9.45. The third-order valence-corrected chi connectivity index (χ3v) is 3.06. The van der Waals surface area contributed by atoms with Gasteiger partial charge in [-0.15, -0.1) is 0 Å². The van der Waals surface area contributed by atoms with Crippen molar-refractivity contribution in [3.63, 3.8) is 0 Å². The normalized spacial score (nSPS) is 10.2. The number of aliphatic hydroxyl groups is 2. The van der Waals surface area contributed by atoms with Crippen LogP contribution in [0.4, 0.5) is 23.5 Å². The molecule has 0 fully saturated rings. The number of aliphatic hydroxyl groups excluding tert-OH is 2. The van der Waals surface area contributed by atoms with Crippen LogP contribution in [-0.2, 0) is 0 Å². The highest BCUT2D eigenvalue weighted by Crippen LogP contribution is 2.30. The molecule has 1 heterocycles. The molecule has 0 bridgehead atoms. The van der Waals surface area contributed by atoms with Gasteiger partial charge >= 0.3 is 0 Å². The van der Waals surface area contributed by atoms with Crippen LogP contribution in [0.2, 0.25) is 0 Å². The molecule has 0 aliphatic rings. The molecule has 0 atom stereocenters. The van der Waals surface area contributed by atoms with E-state index in [1.807, 2.05) is 0 Å². The highest BCUT2D eigenvalue weighted by Gasteiger charge is 2.09. The van der Waals surface area contributed by atoms with Gasteiger partial charge in [-0.1, -0.05) is 0 Å². The lowest BCUT2D eigenvalue weighted by molar-refractivity contribution is 0.310. The van der Waals surface area contributed by atoms with Crippen molar-refractivity contribution in [2.75, 3.05) is 56.5 Å². The summed E-state index contributed by atoms with van der Waals surface area (Å²) in [6.07, 6.45) is 0. The van der Waals surface area contributed by atoms with E-state index in [4.69, 9.17) is 19.7 Å². The summed E-state index contributed by atoms with van der Waals surface area (Å²) in [7, 11) is 3.12. The first-order valence-corrected chi connectivity index (χ1v) is 7.64. The maximum Gasteiger partial charge on any atom is 0.233 e. The number of benzene rings is 1. The summed E-state index contributed by atoms with van der Waals surface area (Å²) in [5.41, 5.74) is 0.699. The number of nitrogens with zero attached hydrogens (tertiary/aromatic N) is 3. The van der Waals surface area contributed by atoms with Crippen LogP contribution >= 0.6 is 0 Å². The van der Waals surface area contributed by atoms with E-state index >= 15 is 0 Å². The van der Waals surface area contributed by atoms with Crippen LogP contribution in [0, 0.1) is 0 Å². The van der Waals surface area contributed by atoms with E-state index in [0.29, 0.717) is 48.1 Å². The van der Waals surface area contributed by atoms with Gasteiger partial charge in [-0.05, 0) is 12.1 Å². The van der Waals surface area contributed by atoms with Gasteiger partial charge < -0.3 is 35.6 Å². The molecule has 5 N–H and O–H groups in total. The molecular formula is C15H22N6O4. The fourth-order valence-corrected chi connectivity index (χ4v) is 1.97. The summed E-state index contributed by atoms with van der Waals surface area (Å²) in [4.78, 5) is 12.6. The van der Waals surface area contributed by atoms with Crippen LogP contribution in [0.5, 0.6) is 11.5 Å². The number of methoxy groups -OCH3 is 2. The quantitative estimate of drug-likeness (QED) is 0.411. The van der Waals surface area contributed by atoms with Crippen molar-refractivity contribution in [3.8, 4) is 11.5 Å². The Morgan fingerprint density at radius 3 is 1.92 bits per heavy atom. The number of hydrogen-bond acceptors (Lipinski definition) is 10. The molecule has 0 unspecified atom stereocenters. The summed E-state index contributed by atoms with van der Waals surface area (Å²) in [5.74, 6) is 2.07. The maximum absolute atomic E-state index is 8.93. The van der Waals surface area contributed by atoms with Crippen molar-refractivity contribution in [1.82, 2.24) is 15.0 Å². The molecule has 10 heteroatoms. The van der Waals surface area contributed by atoms with Gasteiger partial charge in [0, 0.05) is 24.8 Å². The minimum absolute atomic E-state index is 0.0521. The number of aromatic nitrogens is 3. The van der Waals surface area contributed by atoms with Crippen molar-refractivity contribution < 1.29 is 19.7 Å². The molecule has 0 radical (unpaired) electrons. The van der Waals surface area contributed by atoms with E-state index in [-0.39, 0.29) is 13.2 Å². The van der Waals surface area contributed by atoms with E-state index in [2.05, 4.69) is 30.9 Å². The Kier molecular flexibility index (Phi) is 6.99. The zero-order valence-electron chi connectivity index (χ0n) is 14.1. The fraction of sp³-hybridized carbons (Fsp3) is 0.400. The van der Waals surface area contributed by atoms with Gasteiger partial charge in [0.05, 0.1) is 27.4 Å². The monoisotopic (exact) mass is 350 g/mol. The Hall–Kier alpha value is -2.85. The highest BCUT2D eigenvalue weighted by atomic mass is 16.5. The third-order valence-electron chi connectivity index (χ3n) is 3.06. The summed E-state index contributed by atoms with van der Waals surface area (Å²) >= 11 is 0. The van der Waals surface area contributed by atoms with Gasteiger partial charge in [0.25, 0.3) is 0 Å².